The standard InChI is InChI=1S/C14H20N4O4S2/c1-24(21,22)18-7-6-17(14(18)20)13(19)15-9-12(16-4-2-5-16)11-3-8-23-10-11/h3,8,10,12H,2,4-7,9H2,1H3,(H,15,19)/t12-/m1/s1. The lowest BCUT2D eigenvalue weighted by Gasteiger charge is -2.38. The number of nitrogens with zero attached hydrogens (tertiary/aromatic N) is 3. The summed E-state index contributed by atoms with van der Waals surface area (Å²) in [5, 5.41) is 6.83. The summed E-state index contributed by atoms with van der Waals surface area (Å²) < 4.78 is 23.7. The second-order valence-electron chi connectivity index (χ2n) is 5.92. The number of amides is 4. The van der Waals surface area contributed by atoms with Gasteiger partial charge in [0.1, 0.15) is 0 Å². The minimum absolute atomic E-state index is 0.00513. The summed E-state index contributed by atoms with van der Waals surface area (Å²) in [6.45, 7) is 2.44. The molecule has 0 unspecified atom stereocenters. The Hall–Kier alpha value is -1.65. The van der Waals surface area contributed by atoms with Gasteiger partial charge in [0, 0.05) is 19.6 Å². The zero-order valence-corrected chi connectivity index (χ0v) is 15.0. The van der Waals surface area contributed by atoms with Crippen molar-refractivity contribution in [1.82, 2.24) is 19.4 Å². The SMILES string of the molecule is CS(=O)(=O)N1CCN(C(=O)NC[C@H](c2ccsc2)N2CCC2)C1=O. The maximum Gasteiger partial charge on any atom is 0.341 e. The third kappa shape index (κ3) is 3.40. The molecule has 8 nitrogen and oxygen atoms in total. The number of hydrogen-bond acceptors (Lipinski definition) is 6. The second-order valence-corrected chi connectivity index (χ2v) is 8.60. The van der Waals surface area contributed by atoms with E-state index in [0.717, 1.165) is 40.5 Å². The molecule has 4 amide bonds. The number of urea groups is 2. The lowest BCUT2D eigenvalue weighted by molar-refractivity contribution is 0.116. The topological polar surface area (TPSA) is 90.0 Å². The highest BCUT2D eigenvalue weighted by Gasteiger charge is 2.38. The van der Waals surface area contributed by atoms with Crippen LogP contribution in [-0.4, -0.2) is 73.6 Å². The predicted molar refractivity (Wildman–Crippen MR) is 90.3 cm³/mol. The van der Waals surface area contributed by atoms with Crippen LogP contribution in [0.1, 0.15) is 18.0 Å². The van der Waals surface area contributed by atoms with Crippen LogP contribution < -0.4 is 5.32 Å². The summed E-state index contributed by atoms with van der Waals surface area (Å²) in [4.78, 5) is 27.6. The number of carbonyl (C=O) groups excluding carboxylic acids is 2. The van der Waals surface area contributed by atoms with E-state index in [1.807, 2.05) is 11.4 Å². The van der Waals surface area contributed by atoms with Gasteiger partial charge in [0.05, 0.1) is 25.4 Å². The van der Waals surface area contributed by atoms with Gasteiger partial charge in [-0.05, 0) is 28.8 Å². The fourth-order valence-electron chi connectivity index (χ4n) is 2.87. The first-order valence-electron chi connectivity index (χ1n) is 7.71. The minimum atomic E-state index is -3.64. The maximum atomic E-state index is 12.3. The Morgan fingerprint density at radius 2 is 2.08 bits per heavy atom. The molecule has 1 atom stereocenters. The lowest BCUT2D eigenvalue weighted by atomic mass is 10.0. The van der Waals surface area contributed by atoms with Crippen LogP contribution in [0.15, 0.2) is 16.8 Å². The van der Waals surface area contributed by atoms with Crippen molar-refractivity contribution in [2.24, 2.45) is 0 Å². The van der Waals surface area contributed by atoms with E-state index in [1.165, 1.54) is 0 Å². The molecule has 0 aromatic carbocycles. The van der Waals surface area contributed by atoms with Gasteiger partial charge >= 0.3 is 12.1 Å². The molecule has 132 valence electrons. The Kier molecular flexibility index (Phi) is 4.79. The van der Waals surface area contributed by atoms with Crippen LogP contribution in [0.2, 0.25) is 0 Å². The quantitative estimate of drug-likeness (QED) is 0.829. The first-order valence-corrected chi connectivity index (χ1v) is 10.5. The van der Waals surface area contributed by atoms with Crippen molar-refractivity contribution < 1.29 is 18.0 Å². The molecule has 2 fully saturated rings. The second kappa shape index (κ2) is 6.69. The van der Waals surface area contributed by atoms with E-state index in [1.54, 1.807) is 11.3 Å². The summed E-state index contributed by atoms with van der Waals surface area (Å²) >= 11 is 1.61. The molecule has 0 aliphatic carbocycles. The smallest absolute Gasteiger partial charge is 0.336 e. The van der Waals surface area contributed by atoms with Gasteiger partial charge in [-0.15, -0.1) is 0 Å². The minimum Gasteiger partial charge on any atom is -0.336 e. The highest BCUT2D eigenvalue weighted by Crippen LogP contribution is 2.26. The average Bonchev–Trinajstić information content (AvgIpc) is 3.09. The van der Waals surface area contributed by atoms with E-state index < -0.39 is 22.1 Å². The van der Waals surface area contributed by atoms with Crippen molar-refractivity contribution >= 4 is 33.4 Å². The molecule has 2 aliphatic rings. The van der Waals surface area contributed by atoms with E-state index >= 15 is 0 Å². The van der Waals surface area contributed by atoms with E-state index in [4.69, 9.17) is 0 Å². The number of sulfonamides is 1. The number of nitrogens with one attached hydrogen (secondary N) is 1. The molecule has 10 heteroatoms. The molecule has 3 heterocycles. The zero-order chi connectivity index (χ0) is 17.3. The Morgan fingerprint density at radius 3 is 2.58 bits per heavy atom. The Labute approximate surface area is 145 Å². The van der Waals surface area contributed by atoms with Gasteiger partial charge in [-0.25, -0.2) is 27.2 Å². The normalized spacial score (nSPS) is 20.1. The molecule has 2 aliphatic heterocycles. The summed E-state index contributed by atoms with van der Waals surface area (Å²) in [5.74, 6) is 0. The van der Waals surface area contributed by atoms with Crippen LogP contribution in [-0.2, 0) is 10.0 Å². The third-order valence-electron chi connectivity index (χ3n) is 4.32. The monoisotopic (exact) mass is 372 g/mol. The fourth-order valence-corrected chi connectivity index (χ4v) is 4.37. The summed E-state index contributed by atoms with van der Waals surface area (Å²) in [6.07, 6.45) is 2.10. The van der Waals surface area contributed by atoms with Gasteiger partial charge in [0.2, 0.25) is 10.0 Å². The largest absolute Gasteiger partial charge is 0.341 e. The van der Waals surface area contributed by atoms with Gasteiger partial charge in [-0.2, -0.15) is 11.3 Å². The maximum absolute atomic E-state index is 12.3. The number of thiophene rings is 1. The summed E-state index contributed by atoms with van der Waals surface area (Å²) in [6, 6.07) is 0.780. The molecule has 1 N–H and O–H groups in total. The average molecular weight is 372 g/mol. The molecular weight excluding hydrogens is 352 g/mol. The highest BCUT2D eigenvalue weighted by molar-refractivity contribution is 7.88. The van der Waals surface area contributed by atoms with Crippen molar-refractivity contribution in [3.8, 4) is 0 Å². The summed E-state index contributed by atoms with van der Waals surface area (Å²) in [7, 11) is -3.64. The van der Waals surface area contributed by atoms with Crippen LogP contribution >= 0.6 is 11.3 Å². The Balaban J connectivity index is 1.61. The number of hydrogen-bond donors (Lipinski definition) is 1. The number of rotatable bonds is 5. The predicted octanol–water partition coefficient (Wildman–Crippen LogP) is 0.902. The van der Waals surface area contributed by atoms with Crippen molar-refractivity contribution in [2.75, 3.05) is 39.0 Å². The van der Waals surface area contributed by atoms with Crippen molar-refractivity contribution in [3.05, 3.63) is 22.4 Å². The Morgan fingerprint density at radius 1 is 1.33 bits per heavy atom. The van der Waals surface area contributed by atoms with Gasteiger partial charge in [0.25, 0.3) is 0 Å². The first-order chi connectivity index (χ1) is 11.4. The number of likely N-dealkylation sites (tertiary alicyclic amines) is 1. The first kappa shape index (κ1) is 17.2. The fraction of sp³-hybridized carbons (Fsp3) is 0.571. The van der Waals surface area contributed by atoms with Crippen molar-refractivity contribution in [3.63, 3.8) is 0 Å². The van der Waals surface area contributed by atoms with Crippen LogP contribution in [0.4, 0.5) is 9.59 Å². The summed E-state index contributed by atoms with van der Waals surface area (Å²) in [5.41, 5.74) is 1.14. The highest BCUT2D eigenvalue weighted by atomic mass is 32.2. The molecule has 1 aromatic heterocycles. The molecule has 0 bridgehead atoms. The number of imide groups is 1. The molecule has 0 saturated carbocycles. The van der Waals surface area contributed by atoms with Crippen molar-refractivity contribution in [1.29, 1.82) is 0 Å². The number of carbonyl (C=O) groups is 2. The van der Waals surface area contributed by atoms with E-state index in [2.05, 4.69) is 15.6 Å². The zero-order valence-electron chi connectivity index (χ0n) is 13.3. The van der Waals surface area contributed by atoms with Crippen LogP contribution in [0.25, 0.3) is 0 Å². The van der Waals surface area contributed by atoms with E-state index in [0.29, 0.717) is 6.54 Å². The van der Waals surface area contributed by atoms with Crippen LogP contribution in [0.3, 0.4) is 0 Å². The van der Waals surface area contributed by atoms with E-state index in [-0.39, 0.29) is 19.1 Å². The molecule has 0 radical (unpaired) electrons. The van der Waals surface area contributed by atoms with E-state index in [9.17, 15) is 18.0 Å². The van der Waals surface area contributed by atoms with Gasteiger partial charge < -0.3 is 5.32 Å². The molecular formula is C14H20N4O4S2. The van der Waals surface area contributed by atoms with Crippen LogP contribution in [0, 0.1) is 0 Å². The Bertz CT molecular complexity index is 715. The van der Waals surface area contributed by atoms with Gasteiger partial charge in [-0.3, -0.25) is 4.90 Å². The van der Waals surface area contributed by atoms with Gasteiger partial charge in [0.15, 0.2) is 0 Å². The molecule has 3 rings (SSSR count). The molecule has 24 heavy (non-hydrogen) atoms. The molecule has 2 saturated heterocycles. The molecule has 0 spiro atoms. The lowest BCUT2D eigenvalue weighted by Crippen LogP contribution is -2.48. The van der Waals surface area contributed by atoms with Crippen LogP contribution in [0.5, 0.6) is 0 Å². The van der Waals surface area contributed by atoms with Crippen molar-refractivity contribution in [2.45, 2.75) is 12.5 Å². The third-order valence-corrected chi connectivity index (χ3v) is 6.16. The molecule has 1 aromatic rings. The van der Waals surface area contributed by atoms with Gasteiger partial charge in [-0.1, -0.05) is 0 Å².